The van der Waals surface area contributed by atoms with Crippen molar-refractivity contribution in [1.29, 1.82) is 0 Å². The van der Waals surface area contributed by atoms with Crippen molar-refractivity contribution in [2.75, 3.05) is 6.54 Å². The van der Waals surface area contributed by atoms with Crippen LogP contribution in [0.5, 0.6) is 0 Å². The molecule has 0 radical (unpaired) electrons. The van der Waals surface area contributed by atoms with Gasteiger partial charge in [0.05, 0.1) is 11.8 Å². The van der Waals surface area contributed by atoms with E-state index in [2.05, 4.69) is 18.7 Å². The van der Waals surface area contributed by atoms with Crippen LogP contribution in [-0.2, 0) is 9.59 Å². The molecule has 0 N–H and O–H groups in total. The molecule has 0 unspecified atom stereocenters. The highest BCUT2D eigenvalue weighted by molar-refractivity contribution is 6.06. The summed E-state index contributed by atoms with van der Waals surface area (Å²) in [6.07, 6.45) is 5.84. The molecule has 1 fully saturated rings. The van der Waals surface area contributed by atoms with Crippen LogP contribution in [0.1, 0.15) is 23.0 Å². The molecule has 130 valence electrons. The van der Waals surface area contributed by atoms with Crippen molar-refractivity contribution in [1.82, 2.24) is 4.90 Å². The van der Waals surface area contributed by atoms with Gasteiger partial charge in [0.1, 0.15) is 0 Å². The Labute approximate surface area is 153 Å². The topological polar surface area (TPSA) is 37.4 Å². The third-order valence-electron chi connectivity index (χ3n) is 5.47. The van der Waals surface area contributed by atoms with Crippen LogP contribution in [0.2, 0.25) is 0 Å². The second kappa shape index (κ2) is 6.75. The molecule has 0 bridgehead atoms. The van der Waals surface area contributed by atoms with E-state index in [1.54, 1.807) is 6.08 Å². The van der Waals surface area contributed by atoms with Crippen LogP contribution in [0.25, 0.3) is 0 Å². The summed E-state index contributed by atoms with van der Waals surface area (Å²) in [7, 11) is 0. The minimum atomic E-state index is -0.361. The van der Waals surface area contributed by atoms with Crippen LogP contribution in [0.3, 0.4) is 0 Å². The molecule has 4 rings (SSSR count). The monoisotopic (exact) mass is 343 g/mol. The summed E-state index contributed by atoms with van der Waals surface area (Å²) >= 11 is 0. The van der Waals surface area contributed by atoms with E-state index in [-0.39, 0.29) is 42.0 Å². The normalized spacial score (nSPS) is 27.5. The predicted molar refractivity (Wildman–Crippen MR) is 101 cm³/mol. The van der Waals surface area contributed by atoms with Crippen molar-refractivity contribution in [3.8, 4) is 0 Å². The van der Waals surface area contributed by atoms with Crippen LogP contribution in [0.4, 0.5) is 0 Å². The fourth-order valence-electron chi connectivity index (χ4n) is 4.30. The summed E-state index contributed by atoms with van der Waals surface area (Å²) in [6, 6.07) is 20.0. The summed E-state index contributed by atoms with van der Waals surface area (Å²) in [5, 5.41) is 0. The molecule has 4 atom stereocenters. The van der Waals surface area contributed by atoms with Crippen molar-refractivity contribution < 1.29 is 9.59 Å². The largest absolute Gasteiger partial charge is 0.278 e. The minimum Gasteiger partial charge on any atom is -0.278 e. The maximum absolute atomic E-state index is 13.1. The van der Waals surface area contributed by atoms with Crippen molar-refractivity contribution in [3.63, 3.8) is 0 Å². The Bertz CT molecular complexity index is 789. The van der Waals surface area contributed by atoms with E-state index in [0.717, 1.165) is 11.1 Å². The number of fused-ring (bicyclic) bond motifs is 1. The molecule has 1 heterocycles. The molecule has 2 aliphatic rings. The lowest BCUT2D eigenvalue weighted by Crippen LogP contribution is -2.31. The first-order valence-electron chi connectivity index (χ1n) is 8.96. The average Bonchev–Trinajstić information content (AvgIpc) is 2.95. The van der Waals surface area contributed by atoms with Gasteiger partial charge < -0.3 is 0 Å². The maximum Gasteiger partial charge on any atom is 0.234 e. The second-order valence-corrected chi connectivity index (χ2v) is 6.89. The molecule has 1 aliphatic heterocycles. The van der Waals surface area contributed by atoms with Gasteiger partial charge in [0.2, 0.25) is 11.8 Å². The fraction of sp³-hybridized carbons (Fsp3) is 0.217. The van der Waals surface area contributed by atoms with Crippen LogP contribution in [-0.4, -0.2) is 23.3 Å². The van der Waals surface area contributed by atoms with Gasteiger partial charge in [-0.15, -0.1) is 6.58 Å². The number of rotatable bonds is 4. The Morgan fingerprint density at radius 3 is 1.58 bits per heavy atom. The first kappa shape index (κ1) is 16.5. The molecule has 2 aromatic rings. The van der Waals surface area contributed by atoms with Crippen LogP contribution < -0.4 is 0 Å². The SMILES string of the molecule is C=CCN1C(=O)[C@@H]2[C@@H](C1=O)[C@@H](c1ccccc1)C=C[C@@H]2c1ccccc1. The Morgan fingerprint density at radius 1 is 0.769 bits per heavy atom. The van der Waals surface area contributed by atoms with E-state index in [4.69, 9.17) is 0 Å². The summed E-state index contributed by atoms with van der Waals surface area (Å²) < 4.78 is 0. The van der Waals surface area contributed by atoms with Gasteiger partial charge in [0, 0.05) is 18.4 Å². The molecular formula is C23H21NO2. The third kappa shape index (κ3) is 2.60. The van der Waals surface area contributed by atoms with Gasteiger partial charge in [0.25, 0.3) is 0 Å². The molecule has 3 nitrogen and oxygen atoms in total. The van der Waals surface area contributed by atoms with Gasteiger partial charge in [-0.2, -0.15) is 0 Å². The zero-order valence-electron chi connectivity index (χ0n) is 14.5. The van der Waals surface area contributed by atoms with Gasteiger partial charge in [-0.25, -0.2) is 0 Å². The lowest BCUT2D eigenvalue weighted by molar-refractivity contribution is -0.139. The number of hydrogen-bond acceptors (Lipinski definition) is 2. The highest BCUT2D eigenvalue weighted by Crippen LogP contribution is 2.49. The number of allylic oxidation sites excluding steroid dienone is 2. The molecule has 0 saturated carbocycles. The zero-order valence-corrected chi connectivity index (χ0v) is 14.5. The summed E-state index contributed by atoms with van der Waals surface area (Å²) in [4.78, 5) is 27.6. The molecule has 0 spiro atoms. The zero-order chi connectivity index (χ0) is 18.1. The van der Waals surface area contributed by atoms with Gasteiger partial charge in [0.15, 0.2) is 0 Å². The van der Waals surface area contributed by atoms with E-state index < -0.39 is 0 Å². The highest BCUT2D eigenvalue weighted by Gasteiger charge is 2.54. The first-order valence-corrected chi connectivity index (χ1v) is 8.96. The Morgan fingerprint density at radius 2 is 1.19 bits per heavy atom. The number of imide groups is 1. The fourth-order valence-corrected chi connectivity index (χ4v) is 4.30. The van der Waals surface area contributed by atoms with Crippen molar-refractivity contribution >= 4 is 11.8 Å². The summed E-state index contributed by atoms with van der Waals surface area (Å²) in [6.45, 7) is 3.97. The standard InChI is InChI=1S/C23H21NO2/c1-2-15-24-22(25)20-18(16-9-5-3-6-10-16)13-14-19(21(20)23(24)26)17-11-7-4-8-12-17/h2-14,18-21H,1,15H2/t18-,19-,20+,21+/m1/s1. The van der Waals surface area contributed by atoms with Gasteiger partial charge in [-0.1, -0.05) is 78.9 Å². The van der Waals surface area contributed by atoms with Gasteiger partial charge in [-0.05, 0) is 11.1 Å². The molecule has 1 aliphatic carbocycles. The van der Waals surface area contributed by atoms with E-state index in [1.165, 1.54) is 4.90 Å². The van der Waals surface area contributed by atoms with Crippen LogP contribution in [0.15, 0.2) is 85.5 Å². The van der Waals surface area contributed by atoms with Crippen LogP contribution >= 0.6 is 0 Å². The first-order chi connectivity index (χ1) is 12.7. The van der Waals surface area contributed by atoms with E-state index in [9.17, 15) is 9.59 Å². The van der Waals surface area contributed by atoms with Crippen molar-refractivity contribution in [3.05, 3.63) is 96.6 Å². The maximum atomic E-state index is 13.1. The quantitative estimate of drug-likeness (QED) is 0.623. The van der Waals surface area contributed by atoms with Crippen LogP contribution in [0, 0.1) is 11.8 Å². The number of hydrogen-bond donors (Lipinski definition) is 0. The van der Waals surface area contributed by atoms with Gasteiger partial charge >= 0.3 is 0 Å². The minimum absolute atomic E-state index is 0.0765. The number of nitrogens with zero attached hydrogens (tertiary/aromatic N) is 1. The van der Waals surface area contributed by atoms with Gasteiger partial charge in [-0.3, -0.25) is 14.5 Å². The van der Waals surface area contributed by atoms with E-state index in [1.807, 2.05) is 60.7 Å². The third-order valence-corrected chi connectivity index (χ3v) is 5.47. The Kier molecular flexibility index (Phi) is 4.29. The van der Waals surface area contributed by atoms with E-state index >= 15 is 0 Å². The molecule has 0 aromatic heterocycles. The van der Waals surface area contributed by atoms with E-state index in [0.29, 0.717) is 0 Å². The molecule has 2 amide bonds. The summed E-state index contributed by atoms with van der Waals surface area (Å²) in [5.74, 6) is -1.04. The lowest BCUT2D eigenvalue weighted by atomic mass is 9.68. The number of benzene rings is 2. The number of carbonyl (C=O) groups excluding carboxylic acids is 2. The molecule has 2 aromatic carbocycles. The molecule has 3 heteroatoms. The molecular weight excluding hydrogens is 322 g/mol. The molecule has 1 saturated heterocycles. The number of likely N-dealkylation sites (tertiary alicyclic amines) is 1. The predicted octanol–water partition coefficient (Wildman–Crippen LogP) is 3.91. The Hall–Kier alpha value is -2.94. The highest BCUT2D eigenvalue weighted by atomic mass is 16.2. The number of carbonyl (C=O) groups is 2. The Balaban J connectivity index is 1.81. The average molecular weight is 343 g/mol. The smallest absolute Gasteiger partial charge is 0.234 e. The molecule has 26 heavy (non-hydrogen) atoms. The van der Waals surface area contributed by atoms with Crippen molar-refractivity contribution in [2.45, 2.75) is 11.8 Å². The lowest BCUT2D eigenvalue weighted by Gasteiger charge is -2.32. The second-order valence-electron chi connectivity index (χ2n) is 6.89. The van der Waals surface area contributed by atoms with Crippen molar-refractivity contribution in [2.24, 2.45) is 11.8 Å². The summed E-state index contributed by atoms with van der Waals surface area (Å²) in [5.41, 5.74) is 2.15. The number of amides is 2.